The molecule has 1 nitrogen and oxygen atoms in total. The van der Waals surface area contributed by atoms with Crippen molar-refractivity contribution in [2.45, 2.75) is 6.92 Å². The van der Waals surface area contributed by atoms with Crippen LogP contribution in [0.1, 0.15) is 6.92 Å². The molecule has 1 aromatic rings. The maximum absolute atomic E-state index is 7.57. The molecule has 0 atom stereocenters. The Bertz CT molecular complexity index is 151. The van der Waals surface area contributed by atoms with Gasteiger partial charge < -0.3 is 5.11 Å². The van der Waals surface area contributed by atoms with Crippen LogP contribution in [-0.4, -0.2) is 22.0 Å². The third kappa shape index (κ3) is 5.53. The van der Waals surface area contributed by atoms with Gasteiger partial charge in [0.25, 0.3) is 0 Å². The zero-order chi connectivity index (χ0) is 7.82. The van der Waals surface area contributed by atoms with E-state index in [0.29, 0.717) is 0 Å². The fourth-order valence-electron chi connectivity index (χ4n) is 0.534. The maximum Gasteiger partial charge on any atom is 0.0402 e. The average Bonchev–Trinajstić information content (AvgIpc) is 1.91. The number of hydrogen-bond acceptors (Lipinski definition) is 1. The van der Waals surface area contributed by atoms with Crippen LogP contribution in [0.5, 0.6) is 0 Å². The summed E-state index contributed by atoms with van der Waals surface area (Å²) in [6, 6.07) is 10.5. The molecule has 0 amide bonds. The predicted molar refractivity (Wildman–Crippen MR) is 48.8 cm³/mol. The van der Waals surface area contributed by atoms with E-state index in [1.807, 2.05) is 6.07 Å². The van der Waals surface area contributed by atoms with Crippen LogP contribution in [0.15, 0.2) is 30.3 Å². The van der Waals surface area contributed by atoms with Gasteiger partial charge in [-0.2, -0.15) is 0 Å². The van der Waals surface area contributed by atoms with Gasteiger partial charge >= 0.3 is 0 Å². The first-order valence-electron chi connectivity index (χ1n) is 3.43. The van der Waals surface area contributed by atoms with Crippen molar-refractivity contribution in [3.05, 3.63) is 30.3 Å². The second kappa shape index (κ2) is 6.52. The second-order valence-electron chi connectivity index (χ2n) is 1.97. The lowest BCUT2D eigenvalue weighted by Crippen LogP contribution is -1.97. The molecule has 0 unspecified atom stereocenters. The predicted octanol–water partition coefficient (Wildman–Crippen LogP) is -0.324. The molecule has 0 radical (unpaired) electrons. The van der Waals surface area contributed by atoms with Crippen LogP contribution in [0.2, 0.25) is 0 Å². The summed E-state index contributed by atoms with van der Waals surface area (Å²) < 4.78 is 0. The van der Waals surface area contributed by atoms with Crippen molar-refractivity contribution in [1.82, 2.24) is 0 Å². The van der Waals surface area contributed by atoms with E-state index in [0.717, 1.165) is 0 Å². The normalized spacial score (nSPS) is 8.20. The molecular formula is C8H14OSi. The summed E-state index contributed by atoms with van der Waals surface area (Å²) >= 11 is 0. The highest BCUT2D eigenvalue weighted by Crippen LogP contribution is 1.76. The molecule has 2 heteroatoms. The van der Waals surface area contributed by atoms with Gasteiger partial charge in [-0.3, -0.25) is 0 Å². The largest absolute Gasteiger partial charge is 0.397 e. The van der Waals surface area contributed by atoms with Crippen LogP contribution in [-0.2, 0) is 0 Å². The van der Waals surface area contributed by atoms with Crippen molar-refractivity contribution in [2.75, 3.05) is 6.61 Å². The molecule has 1 N–H and O–H groups in total. The minimum Gasteiger partial charge on any atom is -0.397 e. The zero-order valence-corrected chi connectivity index (χ0v) is 8.54. The summed E-state index contributed by atoms with van der Waals surface area (Å²) in [4.78, 5) is 0. The van der Waals surface area contributed by atoms with Crippen LogP contribution in [0.4, 0.5) is 0 Å². The van der Waals surface area contributed by atoms with Crippen molar-refractivity contribution in [2.24, 2.45) is 0 Å². The van der Waals surface area contributed by atoms with Gasteiger partial charge in [0.2, 0.25) is 0 Å². The average molecular weight is 154 g/mol. The van der Waals surface area contributed by atoms with E-state index in [1.165, 1.54) is 15.4 Å². The van der Waals surface area contributed by atoms with Gasteiger partial charge in [0, 0.05) is 16.8 Å². The number of rotatable bonds is 0. The van der Waals surface area contributed by atoms with Crippen LogP contribution in [0.25, 0.3) is 0 Å². The van der Waals surface area contributed by atoms with Gasteiger partial charge in [-0.1, -0.05) is 35.5 Å². The van der Waals surface area contributed by atoms with E-state index >= 15 is 0 Å². The van der Waals surface area contributed by atoms with E-state index in [2.05, 4.69) is 24.3 Å². The van der Waals surface area contributed by atoms with Gasteiger partial charge in [-0.15, -0.1) is 0 Å². The third-order valence-electron chi connectivity index (χ3n) is 0.940. The zero-order valence-electron chi connectivity index (χ0n) is 6.54. The lowest BCUT2D eigenvalue weighted by molar-refractivity contribution is 0.318. The van der Waals surface area contributed by atoms with E-state index in [9.17, 15) is 0 Å². The van der Waals surface area contributed by atoms with Crippen molar-refractivity contribution < 1.29 is 5.11 Å². The van der Waals surface area contributed by atoms with Gasteiger partial charge in [0.1, 0.15) is 0 Å². The lowest BCUT2D eigenvalue weighted by Gasteiger charge is -1.82. The first-order valence-corrected chi connectivity index (χ1v) is 4.43. The Hall–Kier alpha value is -0.603. The SMILES string of the molecule is CCO.[SiH3]c1ccccc1. The van der Waals surface area contributed by atoms with E-state index < -0.39 is 0 Å². The van der Waals surface area contributed by atoms with E-state index in [4.69, 9.17) is 5.11 Å². The van der Waals surface area contributed by atoms with E-state index in [-0.39, 0.29) is 6.61 Å². The van der Waals surface area contributed by atoms with Crippen LogP contribution < -0.4 is 5.19 Å². The highest BCUT2D eigenvalue weighted by molar-refractivity contribution is 6.32. The summed E-state index contributed by atoms with van der Waals surface area (Å²) in [5, 5.41) is 9.03. The fraction of sp³-hybridized carbons (Fsp3) is 0.250. The Balaban J connectivity index is 0.000000236. The summed E-state index contributed by atoms with van der Waals surface area (Å²) in [5.74, 6) is 0. The molecular weight excluding hydrogens is 140 g/mol. The molecule has 1 rings (SSSR count). The highest BCUT2D eigenvalue weighted by Gasteiger charge is 1.72. The number of aliphatic hydroxyl groups is 1. The molecule has 0 saturated heterocycles. The Labute approximate surface area is 65.1 Å². The first kappa shape index (κ1) is 9.40. The maximum atomic E-state index is 7.57. The molecule has 56 valence electrons. The Kier molecular flexibility index (Phi) is 6.12. The fourth-order valence-corrected chi connectivity index (χ4v) is 0.919. The number of benzene rings is 1. The van der Waals surface area contributed by atoms with Crippen molar-refractivity contribution in [3.8, 4) is 0 Å². The molecule has 0 aliphatic heterocycles. The smallest absolute Gasteiger partial charge is 0.0402 e. The molecule has 0 aromatic heterocycles. The standard InChI is InChI=1S/C6H8Si.C2H6O/c7-6-4-2-1-3-5-6;1-2-3/h1-5H,7H3;3H,2H2,1H3. The monoisotopic (exact) mass is 154 g/mol. The highest BCUT2D eigenvalue weighted by atomic mass is 28.1. The first-order chi connectivity index (χ1) is 4.81. The summed E-state index contributed by atoms with van der Waals surface area (Å²) in [7, 11) is 1.17. The molecule has 0 aliphatic carbocycles. The molecule has 10 heavy (non-hydrogen) atoms. The quantitative estimate of drug-likeness (QED) is 0.508. The summed E-state index contributed by atoms with van der Waals surface area (Å²) in [6.07, 6.45) is 0. The van der Waals surface area contributed by atoms with Crippen LogP contribution in [0, 0.1) is 0 Å². The van der Waals surface area contributed by atoms with Crippen LogP contribution >= 0.6 is 0 Å². The Morgan fingerprint density at radius 3 is 1.90 bits per heavy atom. The van der Waals surface area contributed by atoms with Gasteiger partial charge in [-0.25, -0.2) is 0 Å². The topological polar surface area (TPSA) is 20.2 Å². The summed E-state index contributed by atoms with van der Waals surface area (Å²) in [5.41, 5.74) is 0. The minimum absolute atomic E-state index is 0.250. The third-order valence-corrected chi connectivity index (χ3v) is 1.61. The molecule has 0 bridgehead atoms. The second-order valence-corrected chi connectivity index (χ2v) is 3.13. The lowest BCUT2D eigenvalue weighted by atomic mass is 10.4. The van der Waals surface area contributed by atoms with Gasteiger partial charge in [0.15, 0.2) is 0 Å². The van der Waals surface area contributed by atoms with Crippen molar-refractivity contribution >= 4 is 15.4 Å². The molecule has 0 saturated carbocycles. The molecule has 0 spiro atoms. The van der Waals surface area contributed by atoms with Gasteiger partial charge in [0.05, 0.1) is 0 Å². The molecule has 0 heterocycles. The van der Waals surface area contributed by atoms with Gasteiger partial charge in [-0.05, 0) is 6.92 Å². The van der Waals surface area contributed by atoms with Crippen molar-refractivity contribution in [3.63, 3.8) is 0 Å². The molecule has 0 fully saturated rings. The summed E-state index contributed by atoms with van der Waals surface area (Å²) in [6.45, 7) is 1.93. The van der Waals surface area contributed by atoms with Crippen molar-refractivity contribution in [1.29, 1.82) is 0 Å². The number of hydrogen-bond donors (Lipinski definition) is 1. The minimum atomic E-state index is 0.250. The van der Waals surface area contributed by atoms with Crippen LogP contribution in [0.3, 0.4) is 0 Å². The Morgan fingerprint density at radius 1 is 1.30 bits per heavy atom. The molecule has 0 aliphatic rings. The molecule has 1 aromatic carbocycles. The Morgan fingerprint density at radius 2 is 1.70 bits per heavy atom. The number of aliphatic hydroxyl groups excluding tert-OH is 1. The van der Waals surface area contributed by atoms with E-state index in [1.54, 1.807) is 6.92 Å².